The molecule has 0 aliphatic heterocycles. The number of ether oxygens (including phenoxy) is 1. The number of esters is 1. The van der Waals surface area contributed by atoms with Crippen molar-refractivity contribution in [3.63, 3.8) is 0 Å². The van der Waals surface area contributed by atoms with Gasteiger partial charge in [0.25, 0.3) is 0 Å². The predicted molar refractivity (Wildman–Crippen MR) is 54.4 cm³/mol. The number of methoxy groups -OCH3 is 1. The number of halogens is 1. The number of nitrogens with one attached hydrogen (secondary N) is 1. The van der Waals surface area contributed by atoms with Crippen LogP contribution >= 0.6 is 0 Å². The van der Waals surface area contributed by atoms with E-state index in [0.717, 1.165) is 7.11 Å². The highest BCUT2D eigenvalue weighted by molar-refractivity contribution is 6.43. The number of aryl methyl sites for hydroxylation is 1. The van der Waals surface area contributed by atoms with E-state index < -0.39 is 17.5 Å². The van der Waals surface area contributed by atoms with E-state index in [1.165, 1.54) is 12.1 Å². The number of nitrogen functional groups attached to an aromatic ring is 1. The van der Waals surface area contributed by atoms with Crippen LogP contribution in [0.15, 0.2) is 12.1 Å². The molecule has 1 aromatic carbocycles. The van der Waals surface area contributed by atoms with E-state index in [0.29, 0.717) is 5.56 Å². The summed E-state index contributed by atoms with van der Waals surface area (Å²) in [6.07, 6.45) is 0. The highest BCUT2D eigenvalue weighted by Gasteiger charge is 2.19. The maximum absolute atomic E-state index is 13.1. The van der Waals surface area contributed by atoms with Crippen molar-refractivity contribution in [3.05, 3.63) is 29.1 Å². The van der Waals surface area contributed by atoms with Gasteiger partial charge in [-0.3, -0.25) is 5.41 Å². The van der Waals surface area contributed by atoms with E-state index in [1.54, 1.807) is 6.92 Å². The van der Waals surface area contributed by atoms with Crippen molar-refractivity contribution >= 4 is 17.4 Å². The molecule has 0 heterocycles. The Labute approximate surface area is 86.4 Å². The summed E-state index contributed by atoms with van der Waals surface area (Å²) in [5.74, 6) is -1.49. The average Bonchev–Trinajstić information content (AvgIpc) is 2.22. The van der Waals surface area contributed by atoms with Gasteiger partial charge in [-0.05, 0) is 18.6 Å². The molecule has 0 aliphatic rings. The Morgan fingerprint density at radius 1 is 1.53 bits per heavy atom. The molecule has 0 amide bonds. The zero-order valence-corrected chi connectivity index (χ0v) is 8.43. The van der Waals surface area contributed by atoms with Crippen molar-refractivity contribution < 1.29 is 13.9 Å². The van der Waals surface area contributed by atoms with Gasteiger partial charge in [0.2, 0.25) is 0 Å². The van der Waals surface area contributed by atoms with E-state index in [2.05, 4.69) is 4.74 Å². The number of hydrogen-bond donors (Lipinski definition) is 2. The van der Waals surface area contributed by atoms with Crippen molar-refractivity contribution in [2.24, 2.45) is 0 Å². The van der Waals surface area contributed by atoms with Crippen LogP contribution < -0.4 is 5.73 Å². The quantitative estimate of drug-likeness (QED) is 0.438. The second-order valence-electron chi connectivity index (χ2n) is 3.02. The Kier molecular flexibility index (Phi) is 3.04. The first-order chi connectivity index (χ1) is 6.99. The van der Waals surface area contributed by atoms with Crippen molar-refractivity contribution in [2.75, 3.05) is 12.8 Å². The summed E-state index contributed by atoms with van der Waals surface area (Å²) in [6, 6.07) is 2.65. The molecular weight excluding hydrogens is 199 g/mol. The number of rotatable bonds is 2. The molecule has 80 valence electrons. The first-order valence-corrected chi connectivity index (χ1v) is 4.20. The van der Waals surface area contributed by atoms with Gasteiger partial charge in [0, 0.05) is 5.56 Å². The minimum atomic E-state index is -0.838. The predicted octanol–water partition coefficient (Wildman–Crippen LogP) is 1.26. The van der Waals surface area contributed by atoms with Crippen LogP contribution in [0.5, 0.6) is 0 Å². The molecule has 0 radical (unpaired) electrons. The largest absolute Gasteiger partial charge is 0.464 e. The van der Waals surface area contributed by atoms with Crippen LogP contribution in [0, 0.1) is 18.2 Å². The third kappa shape index (κ3) is 1.96. The molecular formula is C10H11FN2O2. The Morgan fingerprint density at radius 2 is 2.13 bits per heavy atom. The van der Waals surface area contributed by atoms with Crippen LogP contribution in [-0.4, -0.2) is 18.8 Å². The number of anilines is 1. The summed E-state index contributed by atoms with van der Waals surface area (Å²) >= 11 is 0. The van der Waals surface area contributed by atoms with Crippen LogP contribution in [-0.2, 0) is 9.53 Å². The van der Waals surface area contributed by atoms with Gasteiger partial charge < -0.3 is 10.5 Å². The molecule has 0 unspecified atom stereocenters. The summed E-state index contributed by atoms with van der Waals surface area (Å²) in [4.78, 5) is 11.1. The minimum absolute atomic E-state index is 0.0850. The van der Waals surface area contributed by atoms with E-state index in [9.17, 15) is 9.18 Å². The number of nitrogens with two attached hydrogens (primary N) is 1. The highest BCUT2D eigenvalue weighted by atomic mass is 19.1. The zero-order chi connectivity index (χ0) is 11.6. The van der Waals surface area contributed by atoms with Gasteiger partial charge in [0.1, 0.15) is 11.5 Å². The SMILES string of the molecule is COC(=O)C(=N)c1c(C)ccc(F)c1N. The summed E-state index contributed by atoms with van der Waals surface area (Å²) in [5, 5.41) is 7.49. The molecule has 0 aliphatic carbocycles. The normalized spacial score (nSPS) is 9.80. The van der Waals surface area contributed by atoms with Crippen LogP contribution in [0.3, 0.4) is 0 Å². The van der Waals surface area contributed by atoms with Gasteiger partial charge >= 0.3 is 5.97 Å². The second-order valence-corrected chi connectivity index (χ2v) is 3.02. The molecule has 0 fully saturated rings. The lowest BCUT2D eigenvalue weighted by molar-refractivity contribution is -0.132. The van der Waals surface area contributed by atoms with Gasteiger partial charge in [-0.1, -0.05) is 6.07 Å². The number of carbonyl (C=O) groups is 1. The van der Waals surface area contributed by atoms with E-state index in [4.69, 9.17) is 11.1 Å². The topological polar surface area (TPSA) is 76.2 Å². The van der Waals surface area contributed by atoms with Gasteiger partial charge in [0.05, 0.1) is 12.8 Å². The Hall–Kier alpha value is -1.91. The maximum atomic E-state index is 13.1. The lowest BCUT2D eigenvalue weighted by Crippen LogP contribution is -2.19. The number of carbonyl (C=O) groups excluding carboxylic acids is 1. The molecule has 5 heteroatoms. The molecule has 0 atom stereocenters. The fourth-order valence-corrected chi connectivity index (χ4v) is 1.24. The fraction of sp³-hybridized carbons (Fsp3) is 0.200. The molecule has 0 bridgehead atoms. The standard InChI is InChI=1S/C10H11FN2O2/c1-5-3-4-6(11)8(12)7(5)9(13)10(14)15-2/h3-4,13H,12H2,1-2H3. The molecule has 15 heavy (non-hydrogen) atoms. The molecule has 1 rings (SSSR count). The van der Waals surface area contributed by atoms with Gasteiger partial charge in [-0.25, -0.2) is 9.18 Å². The minimum Gasteiger partial charge on any atom is -0.464 e. The Balaban J connectivity index is 3.31. The molecule has 0 spiro atoms. The van der Waals surface area contributed by atoms with E-state index >= 15 is 0 Å². The Bertz CT molecular complexity index is 430. The second kappa shape index (κ2) is 4.08. The third-order valence-corrected chi connectivity index (χ3v) is 2.04. The first kappa shape index (κ1) is 11.2. The van der Waals surface area contributed by atoms with Crippen molar-refractivity contribution in [1.82, 2.24) is 0 Å². The van der Waals surface area contributed by atoms with Crippen LogP contribution in [0.2, 0.25) is 0 Å². The molecule has 0 aromatic heterocycles. The van der Waals surface area contributed by atoms with E-state index in [1.807, 2.05) is 0 Å². The summed E-state index contributed by atoms with van der Waals surface area (Å²) in [7, 11) is 1.15. The lowest BCUT2D eigenvalue weighted by atomic mass is 10.0. The molecule has 0 saturated carbocycles. The molecule has 3 N–H and O–H groups in total. The Morgan fingerprint density at radius 3 is 2.67 bits per heavy atom. The van der Waals surface area contributed by atoms with Gasteiger partial charge in [-0.15, -0.1) is 0 Å². The van der Waals surface area contributed by atoms with Crippen molar-refractivity contribution in [3.8, 4) is 0 Å². The fourth-order valence-electron chi connectivity index (χ4n) is 1.24. The third-order valence-electron chi connectivity index (χ3n) is 2.04. The van der Waals surface area contributed by atoms with E-state index in [-0.39, 0.29) is 11.3 Å². The summed E-state index contributed by atoms with van der Waals surface area (Å²) in [6.45, 7) is 1.64. The van der Waals surface area contributed by atoms with Gasteiger partial charge in [-0.2, -0.15) is 0 Å². The average molecular weight is 210 g/mol. The zero-order valence-electron chi connectivity index (χ0n) is 8.43. The highest BCUT2D eigenvalue weighted by Crippen LogP contribution is 2.21. The van der Waals surface area contributed by atoms with Gasteiger partial charge in [0.15, 0.2) is 0 Å². The maximum Gasteiger partial charge on any atom is 0.356 e. The van der Waals surface area contributed by atoms with Crippen molar-refractivity contribution in [2.45, 2.75) is 6.92 Å². The number of hydrogen-bond acceptors (Lipinski definition) is 4. The lowest BCUT2D eigenvalue weighted by Gasteiger charge is -2.09. The summed E-state index contributed by atoms with van der Waals surface area (Å²) < 4.78 is 17.5. The smallest absolute Gasteiger partial charge is 0.356 e. The van der Waals surface area contributed by atoms with Crippen LogP contribution in [0.1, 0.15) is 11.1 Å². The van der Waals surface area contributed by atoms with Crippen molar-refractivity contribution in [1.29, 1.82) is 5.41 Å². The van der Waals surface area contributed by atoms with Crippen LogP contribution in [0.4, 0.5) is 10.1 Å². The van der Waals surface area contributed by atoms with Crippen LogP contribution in [0.25, 0.3) is 0 Å². The number of benzene rings is 1. The molecule has 4 nitrogen and oxygen atoms in total. The monoisotopic (exact) mass is 210 g/mol. The molecule has 1 aromatic rings. The summed E-state index contributed by atoms with van der Waals surface area (Å²) in [5.41, 5.74) is 5.46. The first-order valence-electron chi connectivity index (χ1n) is 4.20. The molecule has 0 saturated heterocycles.